The van der Waals surface area contributed by atoms with Crippen LogP contribution < -0.4 is 9.62 Å². The molecule has 1 heterocycles. The lowest BCUT2D eigenvalue weighted by Gasteiger charge is -2.36. The second-order valence-corrected chi connectivity index (χ2v) is 9.12. The summed E-state index contributed by atoms with van der Waals surface area (Å²) in [5.74, 6) is 0. The van der Waals surface area contributed by atoms with Crippen molar-refractivity contribution >= 4 is 27.3 Å². The number of sulfonamides is 1. The van der Waals surface area contributed by atoms with Crippen LogP contribution in [-0.4, -0.2) is 21.0 Å². The molecule has 0 saturated heterocycles. The van der Waals surface area contributed by atoms with Crippen LogP contribution in [0.3, 0.4) is 0 Å². The Hall–Kier alpha value is -2.34. The SMILES string of the molecule is O=S(=O)(NC1Cc2cc(Cl)ccc2N(Cc2ccccc2)C1)c1ccccc1. The summed E-state index contributed by atoms with van der Waals surface area (Å²) < 4.78 is 28.5. The molecular formula is C22H21ClN2O2S. The minimum atomic E-state index is -3.58. The second-order valence-electron chi connectivity index (χ2n) is 6.97. The predicted molar refractivity (Wildman–Crippen MR) is 113 cm³/mol. The van der Waals surface area contributed by atoms with Crippen LogP contribution in [0.4, 0.5) is 5.69 Å². The molecule has 4 rings (SSSR count). The Morgan fingerprint density at radius 2 is 1.64 bits per heavy atom. The standard InChI is InChI=1S/C22H21ClN2O2S/c23-19-11-12-22-18(13-19)14-20(16-25(22)15-17-7-3-1-4-8-17)24-28(26,27)21-9-5-2-6-10-21/h1-13,20,24H,14-16H2. The minimum Gasteiger partial charge on any atom is -0.365 e. The molecule has 0 aromatic heterocycles. The summed E-state index contributed by atoms with van der Waals surface area (Å²) in [6, 6.07) is 24.2. The lowest BCUT2D eigenvalue weighted by atomic mass is 9.98. The lowest BCUT2D eigenvalue weighted by Crippen LogP contribution is -2.48. The molecule has 0 spiro atoms. The van der Waals surface area contributed by atoms with Crippen LogP contribution in [0, 0.1) is 0 Å². The maximum Gasteiger partial charge on any atom is 0.240 e. The van der Waals surface area contributed by atoms with Crippen molar-refractivity contribution in [2.45, 2.75) is 23.9 Å². The van der Waals surface area contributed by atoms with Crippen molar-refractivity contribution in [2.24, 2.45) is 0 Å². The molecular weight excluding hydrogens is 392 g/mol. The molecule has 3 aromatic rings. The highest BCUT2D eigenvalue weighted by atomic mass is 35.5. The van der Waals surface area contributed by atoms with Gasteiger partial charge in [-0.3, -0.25) is 0 Å². The van der Waals surface area contributed by atoms with E-state index in [1.54, 1.807) is 30.3 Å². The Morgan fingerprint density at radius 1 is 0.964 bits per heavy atom. The fraction of sp³-hybridized carbons (Fsp3) is 0.182. The molecule has 4 nitrogen and oxygen atoms in total. The van der Waals surface area contributed by atoms with Gasteiger partial charge in [-0.2, -0.15) is 0 Å². The van der Waals surface area contributed by atoms with E-state index in [4.69, 9.17) is 11.6 Å². The highest BCUT2D eigenvalue weighted by molar-refractivity contribution is 7.89. The van der Waals surface area contributed by atoms with Gasteiger partial charge in [-0.15, -0.1) is 0 Å². The normalized spacial score (nSPS) is 16.6. The van der Waals surface area contributed by atoms with E-state index in [0.29, 0.717) is 24.5 Å². The number of hydrogen-bond donors (Lipinski definition) is 1. The molecule has 0 fully saturated rings. The zero-order chi connectivity index (χ0) is 19.6. The van der Waals surface area contributed by atoms with Gasteiger partial charge in [0.05, 0.1) is 4.90 Å². The molecule has 0 aliphatic carbocycles. The number of fused-ring (bicyclic) bond motifs is 1. The van der Waals surface area contributed by atoms with Crippen LogP contribution in [0.15, 0.2) is 83.8 Å². The molecule has 1 aliphatic rings. The van der Waals surface area contributed by atoms with Gasteiger partial charge in [-0.25, -0.2) is 13.1 Å². The number of halogens is 1. The first-order valence-corrected chi connectivity index (χ1v) is 11.0. The fourth-order valence-corrected chi connectivity index (χ4v) is 5.08. The van der Waals surface area contributed by atoms with E-state index in [1.165, 1.54) is 5.56 Å². The van der Waals surface area contributed by atoms with Gasteiger partial charge in [0.2, 0.25) is 10.0 Å². The Balaban J connectivity index is 1.62. The molecule has 1 atom stereocenters. The van der Waals surface area contributed by atoms with Gasteiger partial charge in [0, 0.05) is 29.8 Å². The van der Waals surface area contributed by atoms with E-state index in [1.807, 2.05) is 36.4 Å². The zero-order valence-electron chi connectivity index (χ0n) is 15.3. The van der Waals surface area contributed by atoms with Crippen molar-refractivity contribution in [3.8, 4) is 0 Å². The van der Waals surface area contributed by atoms with Crippen molar-refractivity contribution in [1.29, 1.82) is 0 Å². The lowest BCUT2D eigenvalue weighted by molar-refractivity contribution is 0.524. The number of anilines is 1. The van der Waals surface area contributed by atoms with Gasteiger partial charge in [0.25, 0.3) is 0 Å². The van der Waals surface area contributed by atoms with Crippen molar-refractivity contribution in [3.05, 3.63) is 95.0 Å². The van der Waals surface area contributed by atoms with Gasteiger partial charge in [0.1, 0.15) is 0 Å². The van der Waals surface area contributed by atoms with Crippen LogP contribution in [0.25, 0.3) is 0 Å². The van der Waals surface area contributed by atoms with Gasteiger partial charge in [-0.05, 0) is 47.9 Å². The number of rotatable bonds is 5. The van der Waals surface area contributed by atoms with Crippen LogP contribution in [0.5, 0.6) is 0 Å². The van der Waals surface area contributed by atoms with Crippen molar-refractivity contribution < 1.29 is 8.42 Å². The van der Waals surface area contributed by atoms with Gasteiger partial charge >= 0.3 is 0 Å². The number of hydrogen-bond acceptors (Lipinski definition) is 3. The van der Waals surface area contributed by atoms with E-state index >= 15 is 0 Å². The third-order valence-corrected chi connectivity index (χ3v) is 6.65. The molecule has 1 N–H and O–H groups in total. The maximum atomic E-state index is 12.8. The molecule has 6 heteroatoms. The average Bonchev–Trinajstić information content (AvgIpc) is 2.69. The third kappa shape index (κ3) is 4.22. The maximum absolute atomic E-state index is 12.8. The molecule has 3 aromatic carbocycles. The smallest absolute Gasteiger partial charge is 0.240 e. The summed E-state index contributed by atoms with van der Waals surface area (Å²) >= 11 is 6.20. The Labute approximate surface area is 170 Å². The van der Waals surface area contributed by atoms with Crippen LogP contribution in [0.2, 0.25) is 5.02 Å². The molecule has 28 heavy (non-hydrogen) atoms. The molecule has 0 radical (unpaired) electrons. The molecule has 1 unspecified atom stereocenters. The molecule has 144 valence electrons. The third-order valence-electron chi connectivity index (χ3n) is 4.88. The summed E-state index contributed by atoms with van der Waals surface area (Å²) in [6.45, 7) is 1.30. The highest BCUT2D eigenvalue weighted by Gasteiger charge is 2.28. The number of benzene rings is 3. The quantitative estimate of drug-likeness (QED) is 0.681. The molecule has 0 bridgehead atoms. The fourth-order valence-electron chi connectivity index (χ4n) is 3.64. The summed E-state index contributed by atoms with van der Waals surface area (Å²) in [7, 11) is -3.58. The van der Waals surface area contributed by atoms with Crippen molar-refractivity contribution in [3.63, 3.8) is 0 Å². The van der Waals surface area contributed by atoms with Gasteiger partial charge in [-0.1, -0.05) is 60.1 Å². The first kappa shape index (κ1) is 19.0. The zero-order valence-corrected chi connectivity index (χ0v) is 16.8. The van der Waals surface area contributed by atoms with Crippen molar-refractivity contribution in [1.82, 2.24) is 4.72 Å². The number of nitrogens with one attached hydrogen (secondary N) is 1. The molecule has 0 amide bonds. The van der Waals surface area contributed by atoms with E-state index < -0.39 is 10.0 Å². The topological polar surface area (TPSA) is 49.4 Å². The van der Waals surface area contributed by atoms with E-state index in [2.05, 4.69) is 21.8 Å². The van der Waals surface area contributed by atoms with Crippen LogP contribution in [-0.2, 0) is 23.0 Å². The van der Waals surface area contributed by atoms with E-state index in [0.717, 1.165) is 11.3 Å². The first-order valence-electron chi connectivity index (χ1n) is 9.16. The van der Waals surface area contributed by atoms with Crippen LogP contribution in [0.1, 0.15) is 11.1 Å². The number of nitrogens with zero attached hydrogens (tertiary/aromatic N) is 1. The van der Waals surface area contributed by atoms with Gasteiger partial charge in [0.15, 0.2) is 0 Å². The largest absolute Gasteiger partial charge is 0.365 e. The Morgan fingerprint density at radius 3 is 2.36 bits per heavy atom. The Kier molecular flexibility index (Phi) is 5.40. The first-order chi connectivity index (χ1) is 13.5. The summed E-state index contributed by atoms with van der Waals surface area (Å²) in [5.41, 5.74) is 3.33. The summed E-state index contributed by atoms with van der Waals surface area (Å²) in [5, 5.41) is 0.657. The van der Waals surface area contributed by atoms with Crippen molar-refractivity contribution in [2.75, 3.05) is 11.4 Å². The minimum absolute atomic E-state index is 0.236. The second kappa shape index (κ2) is 7.95. The van der Waals surface area contributed by atoms with Crippen LogP contribution >= 0.6 is 11.6 Å². The molecule has 1 aliphatic heterocycles. The summed E-state index contributed by atoms with van der Waals surface area (Å²) in [4.78, 5) is 2.49. The van der Waals surface area contributed by atoms with E-state index in [9.17, 15) is 8.42 Å². The summed E-state index contributed by atoms with van der Waals surface area (Å²) in [6.07, 6.45) is 0.604. The Bertz CT molecular complexity index is 1060. The monoisotopic (exact) mass is 412 g/mol. The highest BCUT2D eigenvalue weighted by Crippen LogP contribution is 2.31. The predicted octanol–water partition coefficient (Wildman–Crippen LogP) is 4.25. The van der Waals surface area contributed by atoms with Gasteiger partial charge < -0.3 is 4.90 Å². The molecule has 0 saturated carbocycles. The average molecular weight is 413 g/mol. The van der Waals surface area contributed by atoms with E-state index in [-0.39, 0.29) is 10.9 Å².